The second-order valence-corrected chi connectivity index (χ2v) is 9.46. The summed E-state index contributed by atoms with van der Waals surface area (Å²) in [4.78, 5) is 43.3. The van der Waals surface area contributed by atoms with Crippen LogP contribution in [-0.2, 0) is 4.74 Å². The molecule has 5 aromatic rings. The van der Waals surface area contributed by atoms with E-state index in [4.69, 9.17) is 14.1 Å². The maximum atomic E-state index is 13.2. The molecule has 0 fully saturated rings. The van der Waals surface area contributed by atoms with Gasteiger partial charge >= 0.3 is 11.6 Å². The second kappa shape index (κ2) is 8.85. The predicted molar refractivity (Wildman–Crippen MR) is 134 cm³/mol. The second-order valence-electron chi connectivity index (χ2n) is 7.41. The van der Waals surface area contributed by atoms with Gasteiger partial charge in [0.1, 0.15) is 26.0 Å². The van der Waals surface area contributed by atoms with Gasteiger partial charge in [-0.05, 0) is 43.7 Å². The smallest absolute Gasteiger partial charge is 0.349 e. The molecule has 3 aromatic heterocycles. The number of thiophene rings is 1. The Labute approximate surface area is 201 Å². The van der Waals surface area contributed by atoms with Crippen molar-refractivity contribution in [1.29, 1.82) is 0 Å². The lowest BCUT2D eigenvalue weighted by Crippen LogP contribution is -2.20. The first-order valence-electron chi connectivity index (χ1n) is 10.5. The number of rotatable bonds is 5. The fraction of sp³-hybridized carbons (Fsp3) is 0.120. The number of amides is 1. The number of hydrogen-bond donors (Lipinski definition) is 1. The zero-order valence-corrected chi connectivity index (χ0v) is 19.8. The average Bonchev–Trinajstić information content (AvgIpc) is 3.39. The molecular weight excluding hydrogens is 472 g/mol. The normalized spacial score (nSPS) is 11.1. The third-order valence-corrected chi connectivity index (χ3v) is 7.47. The van der Waals surface area contributed by atoms with E-state index in [2.05, 4.69) is 5.32 Å². The highest BCUT2D eigenvalue weighted by Crippen LogP contribution is 2.43. The van der Waals surface area contributed by atoms with E-state index >= 15 is 0 Å². The number of carbonyl (C=O) groups excluding carboxylic acids is 2. The van der Waals surface area contributed by atoms with E-state index in [1.807, 2.05) is 24.3 Å². The van der Waals surface area contributed by atoms with Gasteiger partial charge in [0.2, 0.25) is 0 Å². The molecule has 0 aliphatic carbocycles. The van der Waals surface area contributed by atoms with E-state index in [9.17, 15) is 14.4 Å². The number of anilines is 1. The third kappa shape index (κ3) is 3.89. The molecule has 1 amide bonds. The number of benzene rings is 2. The number of carbonyl (C=O) groups is 2. The van der Waals surface area contributed by atoms with Gasteiger partial charge < -0.3 is 14.5 Å². The van der Waals surface area contributed by atoms with Crippen molar-refractivity contribution in [2.24, 2.45) is 0 Å². The fourth-order valence-corrected chi connectivity index (χ4v) is 5.86. The Hall–Kier alpha value is -3.82. The van der Waals surface area contributed by atoms with Gasteiger partial charge in [-0.15, -0.1) is 22.7 Å². The van der Waals surface area contributed by atoms with E-state index in [1.54, 1.807) is 38.1 Å². The Morgan fingerprint density at radius 2 is 1.85 bits per heavy atom. The zero-order valence-electron chi connectivity index (χ0n) is 18.2. The van der Waals surface area contributed by atoms with Crippen molar-refractivity contribution in [2.75, 3.05) is 11.9 Å². The largest absolute Gasteiger partial charge is 0.462 e. The Morgan fingerprint density at radius 3 is 2.65 bits per heavy atom. The summed E-state index contributed by atoms with van der Waals surface area (Å²) in [7, 11) is 0. The SMILES string of the molecule is CCOC(=O)c1sc(NC(=O)c2cc3ccccc3oc2=O)c(-c2nc3ccccc3s2)c1C. The Kier molecular flexibility index (Phi) is 5.72. The minimum atomic E-state index is -0.739. The minimum absolute atomic E-state index is 0.127. The summed E-state index contributed by atoms with van der Waals surface area (Å²) in [5.41, 5.74) is 1.64. The van der Waals surface area contributed by atoms with Crippen molar-refractivity contribution in [1.82, 2.24) is 4.98 Å². The summed E-state index contributed by atoms with van der Waals surface area (Å²) in [5.74, 6) is -1.10. The van der Waals surface area contributed by atoms with Gasteiger partial charge in [-0.2, -0.15) is 0 Å². The molecule has 7 nitrogen and oxygen atoms in total. The van der Waals surface area contributed by atoms with E-state index in [1.165, 1.54) is 17.4 Å². The number of nitrogens with zero attached hydrogens (tertiary/aromatic N) is 1. The van der Waals surface area contributed by atoms with E-state index < -0.39 is 17.5 Å². The van der Waals surface area contributed by atoms with E-state index in [-0.39, 0.29) is 12.2 Å². The first-order chi connectivity index (χ1) is 16.5. The summed E-state index contributed by atoms with van der Waals surface area (Å²) in [6, 6.07) is 16.2. The van der Waals surface area contributed by atoms with Gasteiger partial charge in [-0.25, -0.2) is 14.6 Å². The minimum Gasteiger partial charge on any atom is -0.462 e. The van der Waals surface area contributed by atoms with E-state index in [0.717, 1.165) is 21.6 Å². The highest BCUT2D eigenvalue weighted by molar-refractivity contribution is 7.23. The van der Waals surface area contributed by atoms with Crippen LogP contribution in [0, 0.1) is 6.92 Å². The molecule has 0 saturated carbocycles. The molecule has 0 aliphatic rings. The maximum absolute atomic E-state index is 13.2. The molecule has 9 heteroatoms. The number of aromatic nitrogens is 1. The molecule has 0 saturated heterocycles. The van der Waals surface area contributed by atoms with Crippen LogP contribution in [0.4, 0.5) is 5.00 Å². The van der Waals surface area contributed by atoms with Crippen molar-refractivity contribution >= 4 is 60.7 Å². The first-order valence-corrected chi connectivity index (χ1v) is 12.1. The van der Waals surface area contributed by atoms with Crippen LogP contribution in [0.25, 0.3) is 31.8 Å². The molecule has 1 N–H and O–H groups in total. The molecule has 0 atom stereocenters. The fourth-order valence-electron chi connectivity index (χ4n) is 3.62. The Morgan fingerprint density at radius 1 is 1.09 bits per heavy atom. The highest BCUT2D eigenvalue weighted by Gasteiger charge is 2.26. The van der Waals surface area contributed by atoms with Crippen molar-refractivity contribution in [3.05, 3.63) is 81.0 Å². The van der Waals surface area contributed by atoms with Crippen LogP contribution in [0.3, 0.4) is 0 Å². The topological polar surface area (TPSA) is 98.5 Å². The summed E-state index contributed by atoms with van der Waals surface area (Å²) < 4.78 is 11.5. The van der Waals surface area contributed by atoms with Gasteiger partial charge in [0.15, 0.2) is 0 Å². The number of ether oxygens (including phenoxy) is 1. The lowest BCUT2D eigenvalue weighted by atomic mass is 10.1. The van der Waals surface area contributed by atoms with Gasteiger partial charge in [0.25, 0.3) is 5.91 Å². The van der Waals surface area contributed by atoms with Crippen molar-refractivity contribution in [3.8, 4) is 10.6 Å². The lowest BCUT2D eigenvalue weighted by molar-refractivity contribution is 0.0531. The number of esters is 1. The number of nitrogens with one attached hydrogen (secondary N) is 1. The quantitative estimate of drug-likeness (QED) is 0.244. The zero-order chi connectivity index (χ0) is 23.8. The molecule has 0 spiro atoms. The molecule has 3 heterocycles. The first kappa shape index (κ1) is 22.0. The van der Waals surface area contributed by atoms with E-state index in [0.29, 0.717) is 37.0 Å². The van der Waals surface area contributed by atoms with Crippen LogP contribution < -0.4 is 10.9 Å². The van der Waals surface area contributed by atoms with Gasteiger partial charge in [0.05, 0.1) is 16.8 Å². The summed E-state index contributed by atoms with van der Waals surface area (Å²) in [6.45, 7) is 3.76. The van der Waals surface area contributed by atoms with Crippen LogP contribution in [0.2, 0.25) is 0 Å². The Balaban J connectivity index is 1.61. The summed E-state index contributed by atoms with van der Waals surface area (Å²) in [5, 5.41) is 4.52. The summed E-state index contributed by atoms with van der Waals surface area (Å²) in [6.07, 6.45) is 0. The number of hydrogen-bond acceptors (Lipinski definition) is 8. The van der Waals surface area contributed by atoms with Gasteiger partial charge in [-0.1, -0.05) is 30.3 Å². The molecule has 0 unspecified atom stereocenters. The van der Waals surface area contributed by atoms with Crippen LogP contribution in [-0.4, -0.2) is 23.5 Å². The summed E-state index contributed by atoms with van der Waals surface area (Å²) >= 11 is 2.56. The standard InChI is InChI=1S/C25H18N2O5S2/c1-3-31-25(30)20-13(2)19(22-26-16-9-5-7-11-18(16)33-22)23(34-20)27-21(28)15-12-14-8-4-6-10-17(14)32-24(15)29/h4-12H,3H2,1-2H3,(H,27,28). The van der Waals surface area contributed by atoms with Crippen molar-refractivity contribution < 1.29 is 18.7 Å². The molecule has 170 valence electrons. The van der Waals surface area contributed by atoms with Crippen molar-refractivity contribution in [2.45, 2.75) is 13.8 Å². The lowest BCUT2D eigenvalue weighted by Gasteiger charge is -2.06. The van der Waals surface area contributed by atoms with Crippen LogP contribution >= 0.6 is 22.7 Å². The molecule has 5 rings (SSSR count). The van der Waals surface area contributed by atoms with Gasteiger partial charge in [0, 0.05) is 10.9 Å². The molecule has 0 aliphatic heterocycles. The predicted octanol–water partition coefficient (Wildman–Crippen LogP) is 5.87. The number of para-hydroxylation sites is 2. The molecule has 2 aromatic carbocycles. The molecule has 34 heavy (non-hydrogen) atoms. The van der Waals surface area contributed by atoms with Crippen LogP contribution in [0.15, 0.2) is 63.8 Å². The maximum Gasteiger partial charge on any atom is 0.349 e. The van der Waals surface area contributed by atoms with Crippen LogP contribution in [0.5, 0.6) is 0 Å². The van der Waals surface area contributed by atoms with Crippen LogP contribution in [0.1, 0.15) is 32.5 Å². The number of thiazole rings is 1. The highest BCUT2D eigenvalue weighted by atomic mass is 32.1. The molecule has 0 bridgehead atoms. The molecular formula is C25H18N2O5S2. The Bertz CT molecular complexity index is 1600. The van der Waals surface area contributed by atoms with Gasteiger partial charge in [-0.3, -0.25) is 4.79 Å². The van der Waals surface area contributed by atoms with Crippen molar-refractivity contribution in [3.63, 3.8) is 0 Å². The molecule has 0 radical (unpaired) electrons. The average molecular weight is 491 g/mol. The monoisotopic (exact) mass is 490 g/mol. The number of fused-ring (bicyclic) bond motifs is 2. The third-order valence-electron chi connectivity index (χ3n) is 5.23.